The molecule has 160 valence electrons. The maximum absolute atomic E-state index is 11.7. The summed E-state index contributed by atoms with van der Waals surface area (Å²) in [6, 6.07) is 10.8. The summed E-state index contributed by atoms with van der Waals surface area (Å²) < 4.78 is 37.6. The van der Waals surface area contributed by atoms with Crippen LogP contribution in [0.2, 0.25) is 0 Å². The zero-order chi connectivity index (χ0) is 21.1. The SMILES string of the molecule is CCCCCCCCCCCc1ccccc1Oc1cc([O-])cc(S(=O)(=O)O)c1.[Na+]. The van der Waals surface area contributed by atoms with Crippen LogP contribution in [0.4, 0.5) is 0 Å². The number of para-hydroxylation sites is 1. The summed E-state index contributed by atoms with van der Waals surface area (Å²) in [6.07, 6.45) is 12.1. The van der Waals surface area contributed by atoms with Gasteiger partial charge in [-0.1, -0.05) is 76.5 Å². The Hall–Kier alpha value is -1.05. The fourth-order valence-corrected chi connectivity index (χ4v) is 3.85. The minimum atomic E-state index is -4.46. The Morgan fingerprint density at radius 1 is 0.900 bits per heavy atom. The van der Waals surface area contributed by atoms with Crippen molar-refractivity contribution in [1.82, 2.24) is 0 Å². The normalized spacial score (nSPS) is 11.1. The van der Waals surface area contributed by atoms with Gasteiger partial charge >= 0.3 is 29.6 Å². The fraction of sp³-hybridized carbons (Fsp3) is 0.478. The van der Waals surface area contributed by atoms with E-state index in [0.717, 1.165) is 37.0 Å². The van der Waals surface area contributed by atoms with Crippen molar-refractivity contribution < 1.29 is 52.4 Å². The summed E-state index contributed by atoms with van der Waals surface area (Å²) >= 11 is 0. The molecule has 0 aliphatic heterocycles. The Morgan fingerprint density at radius 3 is 2.13 bits per heavy atom. The molecule has 0 fully saturated rings. The Bertz CT molecular complexity index is 868. The van der Waals surface area contributed by atoms with E-state index in [0.29, 0.717) is 5.75 Å². The first kappa shape index (κ1) is 27.0. The van der Waals surface area contributed by atoms with Gasteiger partial charge in [0.15, 0.2) is 0 Å². The number of rotatable bonds is 13. The van der Waals surface area contributed by atoms with Crippen LogP contribution in [0.1, 0.15) is 70.3 Å². The van der Waals surface area contributed by atoms with Crippen LogP contribution in [0.5, 0.6) is 17.2 Å². The first-order chi connectivity index (χ1) is 13.9. The fourth-order valence-electron chi connectivity index (χ4n) is 3.32. The molecule has 0 heterocycles. The van der Waals surface area contributed by atoms with E-state index in [1.54, 1.807) is 6.07 Å². The summed E-state index contributed by atoms with van der Waals surface area (Å²) in [5.74, 6) is 0.162. The van der Waals surface area contributed by atoms with E-state index in [1.165, 1.54) is 51.0 Å². The Morgan fingerprint density at radius 2 is 1.50 bits per heavy atom. The molecular weight excluding hydrogens is 411 g/mol. The molecule has 0 saturated heterocycles. The van der Waals surface area contributed by atoms with Gasteiger partial charge in [-0.05, 0) is 36.6 Å². The van der Waals surface area contributed by atoms with E-state index in [1.807, 2.05) is 18.2 Å². The number of unbranched alkanes of at least 4 members (excludes halogenated alkanes) is 8. The molecule has 2 aromatic carbocycles. The molecule has 0 aliphatic rings. The molecule has 0 aliphatic carbocycles. The molecule has 0 amide bonds. The topological polar surface area (TPSA) is 86.7 Å². The summed E-state index contributed by atoms with van der Waals surface area (Å²) in [7, 11) is -4.46. The summed E-state index contributed by atoms with van der Waals surface area (Å²) in [4.78, 5) is -0.462. The molecule has 7 heteroatoms. The van der Waals surface area contributed by atoms with Crippen LogP contribution < -0.4 is 39.4 Å². The average molecular weight is 443 g/mol. The predicted octanol–water partition coefficient (Wildman–Crippen LogP) is 2.88. The van der Waals surface area contributed by atoms with Gasteiger partial charge in [0.25, 0.3) is 10.1 Å². The van der Waals surface area contributed by atoms with Crippen molar-refractivity contribution in [3.05, 3.63) is 48.0 Å². The molecule has 0 unspecified atom stereocenters. The third-order valence-electron chi connectivity index (χ3n) is 4.90. The number of hydrogen-bond acceptors (Lipinski definition) is 4. The first-order valence-corrected chi connectivity index (χ1v) is 11.9. The largest absolute Gasteiger partial charge is 1.00 e. The standard InChI is InChI=1S/C23H32O5S.Na/c1-2-3-4-5-6-7-8-9-10-13-19-14-11-12-15-23(19)28-21-16-20(24)17-22(18-21)29(25,26)27;/h11-12,14-18,24H,2-10,13H2,1H3,(H,25,26,27);/q;+1/p-1. The van der Waals surface area contributed by atoms with Gasteiger partial charge in [-0.2, -0.15) is 8.42 Å². The molecule has 0 bridgehead atoms. The Balaban J connectivity index is 0.00000450. The third kappa shape index (κ3) is 9.84. The van der Waals surface area contributed by atoms with Gasteiger partial charge < -0.3 is 9.84 Å². The van der Waals surface area contributed by atoms with Crippen molar-refractivity contribution >= 4 is 10.1 Å². The van der Waals surface area contributed by atoms with Gasteiger partial charge in [-0.3, -0.25) is 4.55 Å². The summed E-state index contributed by atoms with van der Waals surface area (Å²) in [5, 5.41) is 11.7. The van der Waals surface area contributed by atoms with Crippen molar-refractivity contribution in [3.63, 3.8) is 0 Å². The number of benzene rings is 2. The molecule has 2 rings (SSSR count). The van der Waals surface area contributed by atoms with E-state index < -0.39 is 20.8 Å². The molecule has 0 spiro atoms. The zero-order valence-electron chi connectivity index (χ0n) is 18.1. The zero-order valence-corrected chi connectivity index (χ0v) is 20.9. The quantitative estimate of drug-likeness (QED) is 0.293. The van der Waals surface area contributed by atoms with Gasteiger partial charge in [0.05, 0.1) is 4.90 Å². The van der Waals surface area contributed by atoms with Crippen LogP contribution >= 0.6 is 0 Å². The van der Waals surface area contributed by atoms with E-state index in [9.17, 15) is 18.1 Å². The number of hydrogen-bond donors (Lipinski definition) is 1. The Kier molecular flexibility index (Phi) is 12.7. The molecule has 0 saturated carbocycles. The average Bonchev–Trinajstić information content (AvgIpc) is 2.67. The number of aryl methyl sites for hydroxylation is 1. The van der Waals surface area contributed by atoms with Crippen molar-refractivity contribution in [3.8, 4) is 17.2 Å². The minimum Gasteiger partial charge on any atom is -0.872 e. The van der Waals surface area contributed by atoms with Crippen molar-refractivity contribution in [2.45, 2.75) is 76.0 Å². The van der Waals surface area contributed by atoms with Gasteiger partial charge in [0, 0.05) is 6.07 Å². The Labute approximate surface area is 202 Å². The van der Waals surface area contributed by atoms with Crippen LogP contribution in [0.3, 0.4) is 0 Å². The van der Waals surface area contributed by atoms with Crippen LogP contribution in [-0.4, -0.2) is 13.0 Å². The molecule has 0 radical (unpaired) electrons. The second kappa shape index (κ2) is 14.1. The monoisotopic (exact) mass is 442 g/mol. The van der Waals surface area contributed by atoms with Crippen molar-refractivity contribution in [2.24, 2.45) is 0 Å². The molecule has 0 aromatic heterocycles. The van der Waals surface area contributed by atoms with Gasteiger partial charge in [0.1, 0.15) is 11.5 Å². The van der Waals surface area contributed by atoms with E-state index >= 15 is 0 Å². The first-order valence-electron chi connectivity index (χ1n) is 10.5. The third-order valence-corrected chi connectivity index (χ3v) is 5.73. The smallest absolute Gasteiger partial charge is 0.872 e. The molecule has 30 heavy (non-hydrogen) atoms. The molecule has 0 atom stereocenters. The predicted molar refractivity (Wildman–Crippen MR) is 113 cm³/mol. The maximum Gasteiger partial charge on any atom is 1.00 e. The van der Waals surface area contributed by atoms with Gasteiger partial charge in [-0.15, -0.1) is 5.75 Å². The second-order valence-electron chi connectivity index (χ2n) is 7.40. The van der Waals surface area contributed by atoms with Crippen LogP contribution in [0, 0.1) is 0 Å². The van der Waals surface area contributed by atoms with Crippen molar-refractivity contribution in [2.75, 3.05) is 0 Å². The van der Waals surface area contributed by atoms with Gasteiger partial charge in [0.2, 0.25) is 0 Å². The maximum atomic E-state index is 11.7. The van der Waals surface area contributed by atoms with Crippen LogP contribution in [0.25, 0.3) is 0 Å². The molecule has 2 aromatic rings. The second-order valence-corrected chi connectivity index (χ2v) is 8.82. The van der Waals surface area contributed by atoms with E-state index in [4.69, 9.17) is 4.74 Å². The van der Waals surface area contributed by atoms with Crippen molar-refractivity contribution in [1.29, 1.82) is 0 Å². The number of ether oxygens (including phenoxy) is 1. The minimum absolute atomic E-state index is 0. The molecular formula is C23H31NaO5S. The van der Waals surface area contributed by atoms with E-state index in [2.05, 4.69) is 6.92 Å². The summed E-state index contributed by atoms with van der Waals surface area (Å²) in [6.45, 7) is 2.23. The molecule has 5 nitrogen and oxygen atoms in total. The van der Waals surface area contributed by atoms with E-state index in [-0.39, 0.29) is 35.3 Å². The van der Waals surface area contributed by atoms with Crippen LogP contribution in [0.15, 0.2) is 47.4 Å². The van der Waals surface area contributed by atoms with Crippen LogP contribution in [-0.2, 0) is 16.5 Å². The molecule has 1 N–H and O–H groups in total. The summed E-state index contributed by atoms with van der Waals surface area (Å²) in [5.41, 5.74) is 1.01. The van der Waals surface area contributed by atoms with Gasteiger partial charge in [-0.25, -0.2) is 0 Å².